The van der Waals surface area contributed by atoms with Crippen molar-refractivity contribution in [3.05, 3.63) is 83.0 Å². The Hall–Kier alpha value is -4.47. The zero-order valence-corrected chi connectivity index (χ0v) is 21.8. The van der Waals surface area contributed by atoms with Gasteiger partial charge in [-0.05, 0) is 60.9 Å². The summed E-state index contributed by atoms with van der Waals surface area (Å²) in [5, 5.41) is 3.42. The molecule has 0 atom stereocenters. The molecule has 0 radical (unpaired) electrons. The summed E-state index contributed by atoms with van der Waals surface area (Å²) in [7, 11) is 3.11. The molecule has 0 spiro atoms. The minimum atomic E-state index is -4.43. The number of hydrogen-bond donors (Lipinski definition) is 1. The number of rotatable bonds is 8. The average Bonchev–Trinajstić information content (AvgIpc) is 2.92. The van der Waals surface area contributed by atoms with E-state index in [4.69, 9.17) is 18.9 Å². The van der Waals surface area contributed by atoms with Crippen LogP contribution in [0.5, 0.6) is 23.0 Å². The van der Waals surface area contributed by atoms with Gasteiger partial charge in [0, 0.05) is 29.8 Å². The van der Waals surface area contributed by atoms with E-state index >= 15 is 0 Å². The number of nitrogens with zero attached hydrogens (tertiary/aromatic N) is 1. The number of halogens is 3. The Morgan fingerprint density at radius 3 is 2.36 bits per heavy atom. The Morgan fingerprint density at radius 2 is 1.64 bits per heavy atom. The molecule has 4 rings (SSSR count). The monoisotopic (exact) mass is 540 g/mol. The fourth-order valence-corrected chi connectivity index (χ4v) is 4.01. The van der Waals surface area contributed by atoms with Crippen LogP contribution in [-0.2, 0) is 17.3 Å². The first-order chi connectivity index (χ1) is 18.6. The number of anilines is 1. The third kappa shape index (κ3) is 6.34. The summed E-state index contributed by atoms with van der Waals surface area (Å²) < 4.78 is 60.9. The average molecular weight is 541 g/mol. The first kappa shape index (κ1) is 27.6. The maximum Gasteiger partial charge on any atom is 0.416 e. The summed E-state index contributed by atoms with van der Waals surface area (Å²) in [6, 6.07) is 13.7. The van der Waals surface area contributed by atoms with E-state index in [9.17, 15) is 18.0 Å². The number of aromatic nitrogens is 1. The Kier molecular flexibility index (Phi) is 8.13. The summed E-state index contributed by atoms with van der Waals surface area (Å²) in [6.07, 6.45) is -3.35. The second-order valence-electron chi connectivity index (χ2n) is 8.71. The van der Waals surface area contributed by atoms with Crippen molar-refractivity contribution >= 4 is 22.7 Å². The van der Waals surface area contributed by atoms with Crippen molar-refractivity contribution in [2.24, 2.45) is 0 Å². The number of ether oxygens (including phenoxy) is 4. The number of carbonyl (C=O) groups is 1. The van der Waals surface area contributed by atoms with Gasteiger partial charge in [-0.3, -0.25) is 10.3 Å². The van der Waals surface area contributed by atoms with Crippen molar-refractivity contribution in [1.82, 2.24) is 4.98 Å². The third-order valence-corrected chi connectivity index (χ3v) is 6.28. The maximum absolute atomic E-state index is 12.9. The van der Waals surface area contributed by atoms with Crippen LogP contribution >= 0.6 is 0 Å². The highest BCUT2D eigenvalue weighted by Crippen LogP contribution is 2.38. The Bertz CT molecular complexity index is 1500. The van der Waals surface area contributed by atoms with Crippen molar-refractivity contribution in [2.45, 2.75) is 26.4 Å². The molecule has 0 saturated carbocycles. The van der Waals surface area contributed by atoms with Crippen LogP contribution in [0.3, 0.4) is 0 Å². The van der Waals surface area contributed by atoms with Gasteiger partial charge in [0.05, 0.1) is 31.9 Å². The van der Waals surface area contributed by atoms with Gasteiger partial charge in [0.15, 0.2) is 11.5 Å². The number of hydrogen-bond acceptors (Lipinski definition) is 6. The van der Waals surface area contributed by atoms with Crippen molar-refractivity contribution in [3.8, 4) is 23.0 Å². The van der Waals surface area contributed by atoms with Crippen LogP contribution in [0.1, 0.15) is 22.3 Å². The third-order valence-electron chi connectivity index (χ3n) is 6.28. The molecule has 10 heteroatoms. The molecule has 1 aromatic heterocycles. The molecule has 0 aliphatic rings. The van der Waals surface area contributed by atoms with E-state index in [1.807, 2.05) is 13.8 Å². The molecule has 39 heavy (non-hydrogen) atoms. The predicted octanol–water partition coefficient (Wildman–Crippen LogP) is 7.47. The molecule has 0 fully saturated rings. The number of methoxy groups -OCH3 is 2. The van der Waals surface area contributed by atoms with Gasteiger partial charge in [0.1, 0.15) is 11.5 Å². The van der Waals surface area contributed by atoms with E-state index in [-0.39, 0.29) is 13.0 Å². The molecule has 0 saturated heterocycles. The lowest BCUT2D eigenvalue weighted by Crippen LogP contribution is -2.16. The molecule has 4 aromatic rings. The second kappa shape index (κ2) is 11.5. The molecule has 7 nitrogen and oxygen atoms in total. The van der Waals surface area contributed by atoms with Crippen molar-refractivity contribution in [1.29, 1.82) is 0 Å². The van der Waals surface area contributed by atoms with E-state index in [1.54, 1.807) is 56.8 Å². The van der Waals surface area contributed by atoms with Gasteiger partial charge in [-0.2, -0.15) is 13.2 Å². The van der Waals surface area contributed by atoms with Crippen LogP contribution in [0.25, 0.3) is 10.9 Å². The molecule has 0 aliphatic carbocycles. The quantitative estimate of drug-likeness (QED) is 0.250. The minimum absolute atomic E-state index is 0.0737. The van der Waals surface area contributed by atoms with E-state index in [0.717, 1.165) is 28.6 Å². The molecule has 204 valence electrons. The van der Waals surface area contributed by atoms with Crippen molar-refractivity contribution in [3.63, 3.8) is 0 Å². The van der Waals surface area contributed by atoms with Crippen LogP contribution in [0.15, 0.2) is 60.8 Å². The molecule has 3 aromatic carbocycles. The lowest BCUT2D eigenvalue weighted by molar-refractivity contribution is -0.137. The second-order valence-corrected chi connectivity index (χ2v) is 8.71. The number of pyridine rings is 1. The topological polar surface area (TPSA) is 78.9 Å². The van der Waals surface area contributed by atoms with Gasteiger partial charge in [0.2, 0.25) is 0 Å². The van der Waals surface area contributed by atoms with Crippen molar-refractivity contribution < 1.29 is 36.9 Å². The normalized spacial score (nSPS) is 11.3. The number of benzene rings is 3. The highest BCUT2D eigenvalue weighted by Gasteiger charge is 2.30. The van der Waals surface area contributed by atoms with Crippen LogP contribution in [-0.4, -0.2) is 31.9 Å². The largest absolute Gasteiger partial charge is 0.493 e. The Morgan fingerprint density at radius 1 is 0.897 bits per heavy atom. The number of nitrogens with one attached hydrogen (secondary N) is 1. The summed E-state index contributed by atoms with van der Waals surface area (Å²) in [5.41, 5.74) is 2.44. The van der Waals surface area contributed by atoms with Crippen LogP contribution in [0.4, 0.5) is 23.7 Å². The van der Waals surface area contributed by atoms with E-state index in [0.29, 0.717) is 39.8 Å². The van der Waals surface area contributed by atoms with E-state index < -0.39 is 17.8 Å². The summed E-state index contributed by atoms with van der Waals surface area (Å²) in [6.45, 7) is 3.62. The highest BCUT2D eigenvalue weighted by atomic mass is 19.4. The van der Waals surface area contributed by atoms with Gasteiger partial charge >= 0.3 is 12.3 Å². The van der Waals surface area contributed by atoms with Crippen molar-refractivity contribution in [2.75, 3.05) is 26.1 Å². The lowest BCUT2D eigenvalue weighted by atomic mass is 10.1. The fraction of sp³-hybridized carbons (Fsp3) is 0.241. The maximum atomic E-state index is 12.9. The summed E-state index contributed by atoms with van der Waals surface area (Å²) in [5.74, 6) is 2.25. The predicted molar refractivity (Wildman–Crippen MR) is 141 cm³/mol. The van der Waals surface area contributed by atoms with Gasteiger partial charge in [-0.15, -0.1) is 0 Å². The number of amides is 1. The zero-order chi connectivity index (χ0) is 28.2. The first-order valence-electron chi connectivity index (χ1n) is 12.0. The smallest absolute Gasteiger partial charge is 0.416 e. The SMILES string of the molecule is COc1cc2nccc(Oc3ccc(NC(=O)OCCc4cccc(C(F)(F)F)c4)c(C)c3C)c2cc1OC. The van der Waals surface area contributed by atoms with Crippen LogP contribution in [0.2, 0.25) is 0 Å². The van der Waals surface area contributed by atoms with E-state index in [1.165, 1.54) is 6.07 Å². The lowest BCUT2D eigenvalue weighted by Gasteiger charge is -2.16. The number of alkyl halides is 3. The Labute approximate surface area is 223 Å². The molecule has 1 heterocycles. The molecule has 0 unspecified atom stereocenters. The molecule has 0 aliphatic heterocycles. The molecular weight excluding hydrogens is 513 g/mol. The van der Waals surface area contributed by atoms with Crippen LogP contribution in [0, 0.1) is 13.8 Å². The van der Waals surface area contributed by atoms with E-state index in [2.05, 4.69) is 10.3 Å². The van der Waals surface area contributed by atoms with Gasteiger partial charge in [-0.1, -0.05) is 18.2 Å². The number of carbonyl (C=O) groups excluding carboxylic acids is 1. The Balaban J connectivity index is 1.43. The molecular formula is C29H27F3N2O5. The summed E-state index contributed by atoms with van der Waals surface area (Å²) in [4.78, 5) is 16.7. The molecule has 0 bridgehead atoms. The van der Waals surface area contributed by atoms with Gasteiger partial charge in [-0.25, -0.2) is 4.79 Å². The summed E-state index contributed by atoms with van der Waals surface area (Å²) >= 11 is 0. The first-order valence-corrected chi connectivity index (χ1v) is 12.0. The van der Waals surface area contributed by atoms with Gasteiger partial charge < -0.3 is 18.9 Å². The minimum Gasteiger partial charge on any atom is -0.493 e. The standard InChI is InChI=1S/C29H27F3N2O5/c1-17-18(2)24(39-25-10-12-33-23-16-27(37-4)26(36-3)15-21(23)25)9-8-22(17)34-28(35)38-13-11-19-6-5-7-20(14-19)29(30,31)32/h5-10,12,14-16H,11,13H2,1-4H3,(H,34,35). The molecule has 1 amide bonds. The fourth-order valence-electron chi connectivity index (χ4n) is 4.01. The highest BCUT2D eigenvalue weighted by molar-refractivity contribution is 5.89. The molecule has 1 N–H and O–H groups in total. The van der Waals surface area contributed by atoms with Gasteiger partial charge in [0.25, 0.3) is 0 Å². The zero-order valence-electron chi connectivity index (χ0n) is 21.8. The number of fused-ring (bicyclic) bond motifs is 1. The van der Waals surface area contributed by atoms with Crippen LogP contribution < -0.4 is 19.5 Å².